The molecule has 0 radical (unpaired) electrons. The molecule has 116 valence electrons. The quantitative estimate of drug-likeness (QED) is 0.758. The van der Waals surface area contributed by atoms with E-state index in [-0.39, 0.29) is 0 Å². The molecule has 4 rings (SSSR count). The van der Waals surface area contributed by atoms with Gasteiger partial charge >= 0.3 is 0 Å². The summed E-state index contributed by atoms with van der Waals surface area (Å²) >= 11 is 0. The number of benzene rings is 1. The number of nitrogens with zero attached hydrogens (tertiary/aromatic N) is 4. The molecule has 1 aliphatic carbocycles. The fourth-order valence-corrected chi connectivity index (χ4v) is 3.69. The summed E-state index contributed by atoms with van der Waals surface area (Å²) in [6.45, 7) is 0.944. The minimum atomic E-state index is 0.593. The molecular formula is C19H20N4. The Morgan fingerprint density at radius 1 is 0.957 bits per heavy atom. The highest BCUT2D eigenvalue weighted by atomic mass is 15.4. The maximum atomic E-state index is 4.41. The van der Waals surface area contributed by atoms with E-state index < -0.39 is 0 Å². The molecule has 1 aliphatic heterocycles. The summed E-state index contributed by atoms with van der Waals surface area (Å²) in [5, 5.41) is 8.71. The van der Waals surface area contributed by atoms with Crippen LogP contribution in [-0.2, 0) is 0 Å². The Balaban J connectivity index is 1.52. The molecule has 0 bridgehead atoms. The van der Waals surface area contributed by atoms with E-state index in [0.29, 0.717) is 17.8 Å². The van der Waals surface area contributed by atoms with Gasteiger partial charge < -0.3 is 4.90 Å². The average Bonchev–Trinajstić information content (AvgIpc) is 3.19. The zero-order chi connectivity index (χ0) is 15.6. The van der Waals surface area contributed by atoms with E-state index in [2.05, 4.69) is 45.0 Å². The summed E-state index contributed by atoms with van der Waals surface area (Å²) in [4.78, 5) is 4.82. The van der Waals surface area contributed by atoms with Crippen LogP contribution in [0.3, 0.4) is 0 Å². The van der Waals surface area contributed by atoms with Gasteiger partial charge in [0, 0.05) is 17.6 Å². The first-order valence-corrected chi connectivity index (χ1v) is 8.19. The Morgan fingerprint density at radius 3 is 2.57 bits per heavy atom. The van der Waals surface area contributed by atoms with Gasteiger partial charge in [-0.3, -0.25) is 4.90 Å². The lowest BCUT2D eigenvalue weighted by atomic mass is 10.2. The zero-order valence-corrected chi connectivity index (χ0v) is 13.3. The fourth-order valence-electron chi connectivity index (χ4n) is 3.69. The van der Waals surface area contributed by atoms with E-state index in [4.69, 9.17) is 0 Å². The lowest BCUT2D eigenvalue weighted by Gasteiger charge is -2.22. The molecule has 2 atom stereocenters. The highest BCUT2D eigenvalue weighted by molar-refractivity contribution is 5.45. The first kappa shape index (κ1) is 14.2. The largest absolute Gasteiger partial charge is 0.338 e. The number of fused-ring (bicyclic) bond motifs is 1. The third-order valence-electron chi connectivity index (χ3n) is 4.84. The van der Waals surface area contributed by atoms with Crippen molar-refractivity contribution in [2.24, 2.45) is 0 Å². The summed E-state index contributed by atoms with van der Waals surface area (Å²) in [6.07, 6.45) is 3.86. The zero-order valence-electron chi connectivity index (χ0n) is 13.3. The van der Waals surface area contributed by atoms with Crippen LogP contribution in [0.15, 0.2) is 42.5 Å². The molecule has 4 heteroatoms. The molecule has 1 aromatic heterocycles. The third-order valence-corrected chi connectivity index (χ3v) is 4.84. The third kappa shape index (κ3) is 2.80. The van der Waals surface area contributed by atoms with Gasteiger partial charge in [0.15, 0.2) is 5.82 Å². The predicted octanol–water partition coefficient (Wildman–Crippen LogP) is 2.51. The summed E-state index contributed by atoms with van der Waals surface area (Å²) in [7, 11) is 2.20. The van der Waals surface area contributed by atoms with Gasteiger partial charge in [0.25, 0.3) is 0 Å². The number of hydrogen-bond acceptors (Lipinski definition) is 4. The van der Waals surface area contributed by atoms with Gasteiger partial charge in [0.1, 0.15) is 5.69 Å². The molecule has 4 nitrogen and oxygen atoms in total. The van der Waals surface area contributed by atoms with E-state index >= 15 is 0 Å². The lowest BCUT2D eigenvalue weighted by molar-refractivity contribution is 0.309. The van der Waals surface area contributed by atoms with E-state index in [9.17, 15) is 0 Å². The number of aromatic nitrogens is 2. The van der Waals surface area contributed by atoms with Crippen LogP contribution >= 0.6 is 0 Å². The maximum Gasteiger partial charge on any atom is 0.152 e. The van der Waals surface area contributed by atoms with Crippen LogP contribution in [0.1, 0.15) is 30.5 Å². The molecule has 1 saturated carbocycles. The number of hydrogen-bond donors (Lipinski definition) is 0. The predicted molar refractivity (Wildman–Crippen MR) is 91.0 cm³/mol. The van der Waals surface area contributed by atoms with Crippen LogP contribution in [0.2, 0.25) is 0 Å². The number of anilines is 1. The second-order valence-corrected chi connectivity index (χ2v) is 6.33. The van der Waals surface area contributed by atoms with Crippen molar-refractivity contribution in [1.82, 2.24) is 15.1 Å². The molecule has 23 heavy (non-hydrogen) atoms. The van der Waals surface area contributed by atoms with Crippen LogP contribution in [0, 0.1) is 11.8 Å². The van der Waals surface area contributed by atoms with E-state index in [1.165, 1.54) is 19.3 Å². The van der Waals surface area contributed by atoms with Crippen LogP contribution in [0.25, 0.3) is 0 Å². The SMILES string of the molecule is CN1CN(c2ccc(C#Cc3ccccc3)nn2)C2CCCC21. The van der Waals surface area contributed by atoms with Crippen LogP contribution in [0.5, 0.6) is 0 Å². The second-order valence-electron chi connectivity index (χ2n) is 6.33. The Hall–Kier alpha value is -2.38. The van der Waals surface area contributed by atoms with E-state index in [1.807, 2.05) is 36.4 Å². The van der Waals surface area contributed by atoms with Gasteiger partial charge in [-0.25, -0.2) is 0 Å². The Labute approximate surface area is 137 Å². The van der Waals surface area contributed by atoms with Crippen LogP contribution in [0.4, 0.5) is 5.82 Å². The van der Waals surface area contributed by atoms with Crippen molar-refractivity contribution in [3.8, 4) is 11.8 Å². The van der Waals surface area contributed by atoms with Crippen molar-refractivity contribution >= 4 is 5.82 Å². The molecule has 1 saturated heterocycles. The van der Waals surface area contributed by atoms with Crippen molar-refractivity contribution in [3.05, 3.63) is 53.7 Å². The van der Waals surface area contributed by atoms with Crippen molar-refractivity contribution in [3.63, 3.8) is 0 Å². The second kappa shape index (κ2) is 6.02. The Morgan fingerprint density at radius 2 is 1.78 bits per heavy atom. The summed E-state index contributed by atoms with van der Waals surface area (Å²) < 4.78 is 0. The average molecular weight is 304 g/mol. The normalized spacial score (nSPS) is 23.4. The van der Waals surface area contributed by atoms with Crippen molar-refractivity contribution in [2.45, 2.75) is 31.3 Å². The van der Waals surface area contributed by atoms with Gasteiger partial charge in [-0.15, -0.1) is 10.2 Å². The molecule has 0 spiro atoms. The highest BCUT2D eigenvalue weighted by Crippen LogP contribution is 2.35. The van der Waals surface area contributed by atoms with Crippen LogP contribution < -0.4 is 4.90 Å². The van der Waals surface area contributed by atoms with Crippen molar-refractivity contribution < 1.29 is 0 Å². The molecule has 1 aromatic carbocycles. The number of rotatable bonds is 1. The first-order valence-electron chi connectivity index (χ1n) is 8.19. The van der Waals surface area contributed by atoms with E-state index in [0.717, 1.165) is 18.1 Å². The first-order chi connectivity index (χ1) is 11.3. The van der Waals surface area contributed by atoms with Crippen LogP contribution in [-0.4, -0.2) is 40.9 Å². The summed E-state index contributed by atoms with van der Waals surface area (Å²) in [5.74, 6) is 7.17. The Bertz CT molecular complexity index is 729. The monoisotopic (exact) mass is 304 g/mol. The molecular weight excluding hydrogens is 284 g/mol. The molecule has 0 N–H and O–H groups in total. The standard InChI is InChI=1S/C19H20N4/c1-22-14-23(18-9-5-8-17(18)22)19-13-12-16(20-21-19)11-10-15-6-3-2-4-7-15/h2-4,6-7,12-13,17-18H,5,8-9,14H2,1H3. The molecule has 2 unspecified atom stereocenters. The summed E-state index contributed by atoms with van der Waals surface area (Å²) in [6, 6.07) is 15.2. The fraction of sp³-hybridized carbons (Fsp3) is 0.368. The minimum absolute atomic E-state index is 0.593. The number of likely N-dealkylation sites (N-methyl/N-ethyl adjacent to an activating group) is 1. The highest BCUT2D eigenvalue weighted by Gasteiger charge is 2.41. The van der Waals surface area contributed by atoms with Gasteiger partial charge in [-0.1, -0.05) is 24.1 Å². The van der Waals surface area contributed by atoms with Gasteiger partial charge in [0.2, 0.25) is 0 Å². The van der Waals surface area contributed by atoms with Crippen molar-refractivity contribution in [1.29, 1.82) is 0 Å². The Kier molecular flexibility index (Phi) is 3.72. The maximum absolute atomic E-state index is 4.41. The van der Waals surface area contributed by atoms with Gasteiger partial charge in [0.05, 0.1) is 6.67 Å². The lowest BCUT2D eigenvalue weighted by Crippen LogP contribution is -2.32. The molecule has 2 aromatic rings. The summed E-state index contributed by atoms with van der Waals surface area (Å²) in [5.41, 5.74) is 1.71. The molecule has 2 aliphatic rings. The minimum Gasteiger partial charge on any atom is -0.338 e. The molecule has 2 heterocycles. The molecule has 2 fully saturated rings. The van der Waals surface area contributed by atoms with Gasteiger partial charge in [-0.2, -0.15) is 0 Å². The van der Waals surface area contributed by atoms with Crippen molar-refractivity contribution in [2.75, 3.05) is 18.6 Å². The van der Waals surface area contributed by atoms with E-state index in [1.54, 1.807) is 0 Å². The smallest absolute Gasteiger partial charge is 0.152 e. The van der Waals surface area contributed by atoms with Gasteiger partial charge in [-0.05, 0) is 56.5 Å². The molecule has 0 amide bonds. The topological polar surface area (TPSA) is 32.3 Å².